The van der Waals surface area contributed by atoms with Crippen LogP contribution in [0.2, 0.25) is 0 Å². The normalized spacial score (nSPS) is 15.0. The molecule has 1 aliphatic rings. The van der Waals surface area contributed by atoms with Gasteiger partial charge in [0.25, 0.3) is 11.8 Å². The summed E-state index contributed by atoms with van der Waals surface area (Å²) in [5.41, 5.74) is 4.31. The number of carbonyl (C=O) groups is 1. The van der Waals surface area contributed by atoms with Crippen LogP contribution in [0.4, 0.5) is 17.2 Å². The van der Waals surface area contributed by atoms with Gasteiger partial charge in [-0.3, -0.25) is 4.79 Å². The van der Waals surface area contributed by atoms with E-state index in [1.807, 2.05) is 75.5 Å². The summed E-state index contributed by atoms with van der Waals surface area (Å²) in [5, 5.41) is 20.8. The Bertz CT molecular complexity index is 1420. The van der Waals surface area contributed by atoms with Crippen LogP contribution in [-0.4, -0.2) is 44.7 Å². The number of hydrogen-bond acceptors (Lipinski definition) is 8. The van der Waals surface area contributed by atoms with E-state index in [2.05, 4.69) is 25.8 Å². The molecular weight excluding hydrogens is 456 g/mol. The molecule has 1 amide bonds. The molecule has 184 valence electrons. The molecule has 36 heavy (non-hydrogen) atoms. The van der Waals surface area contributed by atoms with Crippen LogP contribution < -0.4 is 10.6 Å². The summed E-state index contributed by atoms with van der Waals surface area (Å²) in [6.07, 6.45) is 1.66. The van der Waals surface area contributed by atoms with Gasteiger partial charge in [-0.25, -0.2) is 4.98 Å². The summed E-state index contributed by atoms with van der Waals surface area (Å²) in [5.74, 6) is 1.44. The molecule has 0 spiro atoms. The molecule has 2 aromatic heterocycles. The molecule has 0 saturated heterocycles. The fourth-order valence-electron chi connectivity index (χ4n) is 4.41. The molecule has 0 bridgehead atoms. The third-order valence-electron chi connectivity index (χ3n) is 6.70. The van der Waals surface area contributed by atoms with Crippen LogP contribution in [0.5, 0.6) is 0 Å². The average Bonchev–Trinajstić information content (AvgIpc) is 3.38. The minimum absolute atomic E-state index is 0.0151. The molecule has 0 unspecified atom stereocenters. The van der Waals surface area contributed by atoms with Crippen LogP contribution in [0.25, 0.3) is 11.5 Å². The Morgan fingerprint density at radius 2 is 1.89 bits per heavy atom. The van der Waals surface area contributed by atoms with E-state index in [1.165, 1.54) is 0 Å². The number of carbonyl (C=O) groups excluding carboxylic acids is 1. The molecule has 9 heteroatoms. The van der Waals surface area contributed by atoms with Gasteiger partial charge in [-0.15, -0.1) is 0 Å². The molecule has 0 aliphatic carbocycles. The summed E-state index contributed by atoms with van der Waals surface area (Å²) < 4.78 is 5.40. The van der Waals surface area contributed by atoms with Crippen molar-refractivity contribution in [3.05, 3.63) is 83.3 Å². The predicted octanol–water partition coefficient (Wildman–Crippen LogP) is 4.65. The van der Waals surface area contributed by atoms with Gasteiger partial charge in [-0.2, -0.15) is 4.98 Å². The van der Waals surface area contributed by atoms with Crippen LogP contribution in [-0.2, 0) is 5.54 Å². The number of pyridine rings is 1. The van der Waals surface area contributed by atoms with Gasteiger partial charge in [0.1, 0.15) is 5.82 Å². The molecule has 5 rings (SSSR count). The van der Waals surface area contributed by atoms with E-state index < -0.39 is 5.54 Å². The predicted molar refractivity (Wildman–Crippen MR) is 137 cm³/mol. The summed E-state index contributed by atoms with van der Waals surface area (Å²) in [6.45, 7) is 5.70. The zero-order valence-corrected chi connectivity index (χ0v) is 20.6. The molecule has 3 heterocycles. The first-order chi connectivity index (χ1) is 17.3. The van der Waals surface area contributed by atoms with Gasteiger partial charge in [0, 0.05) is 30.6 Å². The third kappa shape index (κ3) is 4.18. The Labute approximate surface area is 209 Å². The molecule has 0 saturated carbocycles. The largest absolute Gasteiger partial charge is 0.394 e. The van der Waals surface area contributed by atoms with Crippen LogP contribution in [0.3, 0.4) is 0 Å². The number of aliphatic hydroxyl groups excluding tert-OH is 1. The topological polar surface area (TPSA) is 116 Å². The number of aryl methyl sites for hydroxylation is 1. The minimum atomic E-state index is -0.409. The highest BCUT2D eigenvalue weighted by Gasteiger charge is 2.40. The van der Waals surface area contributed by atoms with Crippen LogP contribution in [0.1, 0.15) is 47.2 Å². The van der Waals surface area contributed by atoms with Gasteiger partial charge in [0.15, 0.2) is 5.82 Å². The first-order valence-corrected chi connectivity index (χ1v) is 11.7. The fraction of sp³-hybridized carbons (Fsp3) is 0.259. The van der Waals surface area contributed by atoms with Gasteiger partial charge in [-0.1, -0.05) is 35.5 Å². The van der Waals surface area contributed by atoms with Crippen molar-refractivity contribution in [2.24, 2.45) is 0 Å². The lowest BCUT2D eigenvalue weighted by atomic mass is 9.93. The maximum atomic E-state index is 12.6. The number of anilines is 3. The second-order valence-electron chi connectivity index (χ2n) is 9.36. The van der Waals surface area contributed by atoms with E-state index in [0.717, 1.165) is 16.8 Å². The number of aliphatic hydroxyl groups is 1. The van der Waals surface area contributed by atoms with Gasteiger partial charge in [0.05, 0.1) is 29.4 Å². The van der Waals surface area contributed by atoms with Gasteiger partial charge in [0.2, 0.25) is 0 Å². The maximum Gasteiger partial charge on any atom is 0.261 e. The zero-order chi connectivity index (χ0) is 25.4. The van der Waals surface area contributed by atoms with Crippen LogP contribution in [0.15, 0.2) is 65.3 Å². The molecule has 9 nitrogen and oxygen atoms in total. The van der Waals surface area contributed by atoms with Crippen molar-refractivity contribution in [2.75, 3.05) is 24.3 Å². The number of fused-ring (bicyclic) bond motifs is 1. The molecular formula is C27H28N6O3. The number of aromatic nitrogens is 3. The highest BCUT2D eigenvalue weighted by molar-refractivity contribution is 6.00. The van der Waals surface area contributed by atoms with Crippen molar-refractivity contribution in [1.29, 1.82) is 0 Å². The van der Waals surface area contributed by atoms with E-state index in [-0.39, 0.29) is 18.6 Å². The molecule has 3 N–H and O–H groups in total. The first-order valence-electron chi connectivity index (χ1n) is 11.7. The highest BCUT2D eigenvalue weighted by Crippen LogP contribution is 2.39. The number of benzene rings is 2. The fourth-order valence-corrected chi connectivity index (χ4v) is 4.41. The van der Waals surface area contributed by atoms with Crippen LogP contribution >= 0.6 is 0 Å². The standard InChI is InChI=1S/C27H28N6O3/c1-16-29-25(36-32-16)20-14-28-24(13-22(20)31-23(15-34)17-8-6-5-7-9-17)30-18-10-11-19-21(12-18)27(2,3)33(4)26(19)35/h5-14,23,34H,15H2,1-4H3,(H2,28,30,31)/t23-/m1/s1. The monoisotopic (exact) mass is 484 g/mol. The SMILES string of the molecule is Cc1noc(-c2cnc(Nc3ccc4c(c3)C(C)(C)N(C)C4=O)cc2N[C@H](CO)c2ccccc2)n1. The number of amides is 1. The average molecular weight is 485 g/mol. The lowest BCUT2D eigenvalue weighted by Gasteiger charge is -2.28. The van der Waals surface area contributed by atoms with E-state index >= 15 is 0 Å². The van der Waals surface area contributed by atoms with Crippen LogP contribution in [0, 0.1) is 6.92 Å². The Kier molecular flexibility index (Phi) is 5.93. The molecule has 0 radical (unpaired) electrons. The highest BCUT2D eigenvalue weighted by atomic mass is 16.5. The molecule has 0 fully saturated rings. The van der Waals surface area contributed by atoms with E-state index in [4.69, 9.17) is 4.52 Å². The summed E-state index contributed by atoms with van der Waals surface area (Å²) in [4.78, 5) is 23.3. The lowest BCUT2D eigenvalue weighted by Crippen LogP contribution is -2.35. The number of nitrogens with zero attached hydrogens (tertiary/aromatic N) is 4. The molecule has 2 aromatic carbocycles. The van der Waals surface area contributed by atoms with E-state index in [1.54, 1.807) is 18.0 Å². The van der Waals surface area contributed by atoms with E-state index in [9.17, 15) is 9.90 Å². The molecule has 1 atom stereocenters. The van der Waals surface area contributed by atoms with Gasteiger partial charge >= 0.3 is 0 Å². The summed E-state index contributed by atoms with van der Waals surface area (Å²) in [7, 11) is 1.82. The smallest absolute Gasteiger partial charge is 0.261 e. The van der Waals surface area contributed by atoms with Gasteiger partial charge in [-0.05, 0) is 50.1 Å². The maximum absolute atomic E-state index is 12.6. The first kappa shape index (κ1) is 23.5. The number of hydrogen-bond donors (Lipinski definition) is 3. The second-order valence-corrected chi connectivity index (χ2v) is 9.36. The number of rotatable bonds is 7. The van der Waals surface area contributed by atoms with Crippen molar-refractivity contribution in [3.8, 4) is 11.5 Å². The Morgan fingerprint density at radius 1 is 1.11 bits per heavy atom. The van der Waals surface area contributed by atoms with Gasteiger partial charge < -0.3 is 25.2 Å². The quantitative estimate of drug-likeness (QED) is 0.347. The zero-order valence-electron chi connectivity index (χ0n) is 20.6. The molecule has 1 aliphatic heterocycles. The Hall–Kier alpha value is -4.24. The van der Waals surface area contributed by atoms with Crippen molar-refractivity contribution < 1.29 is 14.4 Å². The second kappa shape index (κ2) is 9.09. The molecule has 4 aromatic rings. The minimum Gasteiger partial charge on any atom is -0.394 e. The van der Waals surface area contributed by atoms with Crippen molar-refractivity contribution in [1.82, 2.24) is 20.0 Å². The van der Waals surface area contributed by atoms with E-state index in [0.29, 0.717) is 34.3 Å². The van der Waals surface area contributed by atoms with Crippen molar-refractivity contribution in [2.45, 2.75) is 32.4 Å². The van der Waals surface area contributed by atoms with Crippen molar-refractivity contribution in [3.63, 3.8) is 0 Å². The summed E-state index contributed by atoms with van der Waals surface area (Å²) >= 11 is 0. The number of nitrogens with one attached hydrogen (secondary N) is 2. The Balaban J connectivity index is 1.50. The summed E-state index contributed by atoms with van der Waals surface area (Å²) in [6, 6.07) is 16.9. The Morgan fingerprint density at radius 3 is 2.58 bits per heavy atom. The lowest BCUT2D eigenvalue weighted by molar-refractivity contribution is 0.0691. The van der Waals surface area contributed by atoms with Crippen molar-refractivity contribution >= 4 is 23.1 Å². The third-order valence-corrected chi connectivity index (χ3v) is 6.70.